The molecule has 1 saturated heterocycles. The zero-order valence-electron chi connectivity index (χ0n) is 15.9. The molecule has 6 nitrogen and oxygen atoms in total. The Morgan fingerprint density at radius 3 is 2.90 bits per heavy atom. The maximum absolute atomic E-state index is 15.2. The fraction of sp³-hybridized carbons (Fsp3) is 0.579. The highest BCUT2D eigenvalue weighted by Gasteiger charge is 2.38. The van der Waals surface area contributed by atoms with Crippen molar-refractivity contribution in [1.29, 1.82) is 0 Å². The van der Waals surface area contributed by atoms with Crippen molar-refractivity contribution in [1.82, 2.24) is 20.0 Å². The van der Waals surface area contributed by atoms with Crippen molar-refractivity contribution in [3.63, 3.8) is 0 Å². The molecule has 3 atom stereocenters. The second kappa shape index (κ2) is 7.47. The first-order chi connectivity index (χ1) is 13.7. The van der Waals surface area contributed by atoms with E-state index in [9.17, 15) is 13.2 Å². The van der Waals surface area contributed by atoms with Crippen LogP contribution in [0.5, 0.6) is 0 Å². The Bertz CT molecular complexity index is 834. The van der Waals surface area contributed by atoms with Crippen molar-refractivity contribution in [2.45, 2.75) is 43.7 Å². The molecule has 158 valence electrons. The molecular formula is C19H24F4N6. The van der Waals surface area contributed by atoms with E-state index in [0.717, 1.165) is 23.3 Å². The van der Waals surface area contributed by atoms with E-state index in [2.05, 4.69) is 15.4 Å². The van der Waals surface area contributed by atoms with Gasteiger partial charge in [0.05, 0.1) is 18.7 Å². The number of fused-ring (bicyclic) bond motifs is 1. The summed E-state index contributed by atoms with van der Waals surface area (Å²) in [4.78, 5) is 6.33. The first-order valence-corrected chi connectivity index (χ1v) is 9.69. The summed E-state index contributed by atoms with van der Waals surface area (Å²) in [6.45, 7) is 0.152. The number of allylic oxidation sites excluding steroid dienone is 1. The molecule has 1 aromatic heterocycles. The van der Waals surface area contributed by atoms with Crippen LogP contribution in [0.15, 0.2) is 41.4 Å². The number of aromatic nitrogens is 2. The lowest BCUT2D eigenvalue weighted by Gasteiger charge is -2.40. The maximum atomic E-state index is 15.2. The molecule has 0 aromatic carbocycles. The maximum Gasteiger partial charge on any atom is 0.408 e. The predicted octanol–water partition coefficient (Wildman–Crippen LogP) is 2.67. The summed E-state index contributed by atoms with van der Waals surface area (Å²) in [6.07, 6.45) is 5.95. The van der Waals surface area contributed by atoms with Crippen LogP contribution >= 0.6 is 0 Å². The van der Waals surface area contributed by atoms with Gasteiger partial charge in [-0.05, 0) is 38.1 Å². The highest BCUT2D eigenvalue weighted by molar-refractivity contribution is 5.87. The van der Waals surface area contributed by atoms with Crippen molar-refractivity contribution in [2.24, 2.45) is 16.6 Å². The number of hydrogen-bond acceptors (Lipinski definition) is 5. The van der Waals surface area contributed by atoms with Crippen LogP contribution < -0.4 is 11.1 Å². The SMILES string of the molecule is NC1=NC(c2cnn(CC(F)(F)F)c2)C=C2C1CC=CN2CC1(F)CCCNC1. The third kappa shape index (κ3) is 4.47. The van der Waals surface area contributed by atoms with Crippen LogP contribution in [-0.2, 0) is 6.54 Å². The van der Waals surface area contributed by atoms with E-state index >= 15 is 4.39 Å². The number of nitrogens with zero attached hydrogens (tertiary/aromatic N) is 4. The van der Waals surface area contributed by atoms with Crippen LogP contribution in [-0.4, -0.2) is 52.0 Å². The monoisotopic (exact) mass is 412 g/mol. The van der Waals surface area contributed by atoms with Gasteiger partial charge in [0.15, 0.2) is 0 Å². The van der Waals surface area contributed by atoms with E-state index < -0.39 is 24.4 Å². The third-order valence-corrected chi connectivity index (χ3v) is 5.53. The van der Waals surface area contributed by atoms with Crippen LogP contribution in [0.25, 0.3) is 0 Å². The summed E-state index contributed by atoms with van der Waals surface area (Å²) in [5, 5.41) is 6.90. The number of dihydropyridines is 1. The second-order valence-corrected chi connectivity index (χ2v) is 7.91. The van der Waals surface area contributed by atoms with E-state index in [1.165, 1.54) is 12.4 Å². The van der Waals surface area contributed by atoms with Gasteiger partial charge in [-0.15, -0.1) is 0 Å². The Hall–Kier alpha value is -2.36. The average molecular weight is 412 g/mol. The standard InChI is InChI=1S/C19H24F4N6/c20-18(4-2-5-25-10-18)11-28-6-1-3-14-16(28)7-15(27-17(14)24)13-8-26-29(9-13)12-19(21,22)23/h1,6-9,14-15,25H,2-5,10-12H2,(H2,24,27). The van der Waals surface area contributed by atoms with Crippen LogP contribution in [0, 0.1) is 5.92 Å². The van der Waals surface area contributed by atoms with Gasteiger partial charge in [-0.1, -0.05) is 6.08 Å². The number of halogens is 4. The van der Waals surface area contributed by atoms with Crippen LogP contribution in [0.3, 0.4) is 0 Å². The first-order valence-electron chi connectivity index (χ1n) is 9.69. The van der Waals surface area contributed by atoms with Crippen LogP contribution in [0.4, 0.5) is 17.6 Å². The number of alkyl halides is 4. The minimum absolute atomic E-state index is 0.151. The van der Waals surface area contributed by atoms with E-state index in [0.29, 0.717) is 30.8 Å². The molecule has 10 heteroatoms. The molecule has 0 radical (unpaired) electrons. The first kappa shape index (κ1) is 19.9. The fourth-order valence-electron chi connectivity index (χ4n) is 4.15. The molecule has 1 fully saturated rings. The van der Waals surface area contributed by atoms with Crippen LogP contribution in [0.2, 0.25) is 0 Å². The number of nitrogens with one attached hydrogen (secondary N) is 1. The molecule has 0 amide bonds. The second-order valence-electron chi connectivity index (χ2n) is 7.91. The van der Waals surface area contributed by atoms with E-state index in [1.54, 1.807) is 0 Å². The molecule has 3 N–H and O–H groups in total. The minimum atomic E-state index is -4.35. The quantitative estimate of drug-likeness (QED) is 0.746. The summed E-state index contributed by atoms with van der Waals surface area (Å²) >= 11 is 0. The van der Waals surface area contributed by atoms with E-state index in [4.69, 9.17) is 5.73 Å². The van der Waals surface area contributed by atoms with Crippen molar-refractivity contribution < 1.29 is 17.6 Å². The smallest absolute Gasteiger partial charge is 0.387 e. The molecule has 4 heterocycles. The zero-order chi connectivity index (χ0) is 20.6. The summed E-state index contributed by atoms with van der Waals surface area (Å²) < 4.78 is 53.9. The Kier molecular flexibility index (Phi) is 5.14. The molecule has 0 bridgehead atoms. The van der Waals surface area contributed by atoms with Gasteiger partial charge >= 0.3 is 6.18 Å². The topological polar surface area (TPSA) is 71.5 Å². The van der Waals surface area contributed by atoms with Gasteiger partial charge in [0.1, 0.15) is 24.1 Å². The number of nitrogens with two attached hydrogens (primary N) is 1. The molecule has 3 aliphatic rings. The fourth-order valence-corrected chi connectivity index (χ4v) is 4.15. The van der Waals surface area contributed by atoms with Crippen molar-refractivity contribution >= 4 is 5.84 Å². The number of hydrogen-bond donors (Lipinski definition) is 2. The molecule has 3 aliphatic heterocycles. The van der Waals surface area contributed by atoms with Crippen molar-refractivity contribution in [3.8, 4) is 0 Å². The number of rotatable bonds is 4. The normalized spacial score (nSPS) is 30.0. The highest BCUT2D eigenvalue weighted by Crippen LogP contribution is 2.36. The zero-order valence-corrected chi connectivity index (χ0v) is 15.9. The number of aliphatic imine (C=N–C) groups is 1. The Labute approximate surface area is 166 Å². The molecule has 0 spiro atoms. The van der Waals surface area contributed by atoms with Gasteiger partial charge in [-0.3, -0.25) is 9.67 Å². The molecular weight excluding hydrogens is 388 g/mol. The van der Waals surface area contributed by atoms with Gasteiger partial charge in [0.2, 0.25) is 0 Å². The van der Waals surface area contributed by atoms with E-state index in [1.807, 2.05) is 23.3 Å². The summed E-state index contributed by atoms with van der Waals surface area (Å²) in [6, 6.07) is -0.544. The molecule has 29 heavy (non-hydrogen) atoms. The van der Waals surface area contributed by atoms with E-state index in [-0.39, 0.29) is 12.5 Å². The lowest BCUT2D eigenvalue weighted by molar-refractivity contribution is -0.142. The average Bonchev–Trinajstić information content (AvgIpc) is 3.09. The minimum Gasteiger partial charge on any atom is -0.387 e. The Balaban J connectivity index is 1.57. The van der Waals surface area contributed by atoms with Crippen molar-refractivity contribution in [2.75, 3.05) is 19.6 Å². The Morgan fingerprint density at radius 2 is 2.17 bits per heavy atom. The van der Waals surface area contributed by atoms with Crippen molar-refractivity contribution in [3.05, 3.63) is 42.0 Å². The van der Waals surface area contributed by atoms with Crippen LogP contribution in [0.1, 0.15) is 30.9 Å². The van der Waals surface area contributed by atoms with Gasteiger partial charge in [0.25, 0.3) is 0 Å². The number of piperidine rings is 1. The largest absolute Gasteiger partial charge is 0.408 e. The van der Waals surface area contributed by atoms with Gasteiger partial charge in [0, 0.05) is 24.0 Å². The third-order valence-electron chi connectivity index (χ3n) is 5.53. The van der Waals surface area contributed by atoms with Gasteiger partial charge in [-0.25, -0.2) is 4.39 Å². The molecule has 0 aliphatic carbocycles. The lowest BCUT2D eigenvalue weighted by Crippen LogP contribution is -2.50. The lowest BCUT2D eigenvalue weighted by atomic mass is 9.89. The molecule has 0 saturated carbocycles. The number of amidine groups is 1. The molecule has 1 aromatic rings. The predicted molar refractivity (Wildman–Crippen MR) is 101 cm³/mol. The van der Waals surface area contributed by atoms with Gasteiger partial charge in [-0.2, -0.15) is 18.3 Å². The highest BCUT2D eigenvalue weighted by atomic mass is 19.4. The summed E-state index contributed by atoms with van der Waals surface area (Å²) in [7, 11) is 0. The summed E-state index contributed by atoms with van der Waals surface area (Å²) in [5.74, 6) is 0.252. The molecule has 3 unspecified atom stereocenters. The summed E-state index contributed by atoms with van der Waals surface area (Å²) in [5.41, 5.74) is 6.21. The van der Waals surface area contributed by atoms with Gasteiger partial charge < -0.3 is 16.0 Å². The Morgan fingerprint density at radius 1 is 1.34 bits per heavy atom. The molecule has 4 rings (SSSR count).